The fourth-order valence-corrected chi connectivity index (χ4v) is 4.20. The molecule has 134 valence electrons. The van der Waals surface area contributed by atoms with E-state index in [-0.39, 0.29) is 24.3 Å². The molecular formula is C18H27NO4S. The number of carboxylic acid groups (broad SMARTS) is 1. The van der Waals surface area contributed by atoms with Crippen LogP contribution in [-0.2, 0) is 14.3 Å². The van der Waals surface area contributed by atoms with E-state index in [4.69, 9.17) is 4.74 Å². The normalized spacial score (nSPS) is 27.4. The van der Waals surface area contributed by atoms with E-state index >= 15 is 0 Å². The number of hydrogen-bond donors (Lipinski definition) is 2. The maximum Gasteiger partial charge on any atom is 0.323 e. The van der Waals surface area contributed by atoms with Crippen LogP contribution in [-0.4, -0.2) is 28.2 Å². The first kappa shape index (κ1) is 18.9. The zero-order valence-corrected chi connectivity index (χ0v) is 15.8. The number of esters is 1. The summed E-state index contributed by atoms with van der Waals surface area (Å²) < 4.78 is 5.56. The van der Waals surface area contributed by atoms with Crippen LogP contribution in [0.2, 0.25) is 0 Å². The Bertz CT molecular complexity index is 591. The van der Waals surface area contributed by atoms with Crippen molar-refractivity contribution in [2.45, 2.75) is 64.6 Å². The summed E-state index contributed by atoms with van der Waals surface area (Å²) >= 11 is 1.53. The molecule has 1 aliphatic rings. The fraction of sp³-hybridized carbons (Fsp3) is 0.667. The van der Waals surface area contributed by atoms with Crippen molar-refractivity contribution in [1.29, 1.82) is 0 Å². The Labute approximate surface area is 147 Å². The van der Waals surface area contributed by atoms with Crippen LogP contribution in [0.4, 0.5) is 0 Å². The van der Waals surface area contributed by atoms with Crippen molar-refractivity contribution < 1.29 is 19.4 Å². The van der Waals surface area contributed by atoms with Crippen LogP contribution >= 0.6 is 11.3 Å². The number of carboxylic acids is 1. The predicted molar refractivity (Wildman–Crippen MR) is 94.0 cm³/mol. The van der Waals surface area contributed by atoms with Gasteiger partial charge in [0, 0.05) is 4.88 Å². The number of hydrogen-bond acceptors (Lipinski definition) is 5. The van der Waals surface area contributed by atoms with Gasteiger partial charge in [-0.1, -0.05) is 19.9 Å². The molecule has 1 aromatic heterocycles. The Morgan fingerprint density at radius 3 is 2.58 bits per heavy atom. The van der Waals surface area contributed by atoms with E-state index in [0.29, 0.717) is 6.42 Å². The third-order valence-electron chi connectivity index (χ3n) is 4.13. The minimum Gasteiger partial charge on any atom is -0.480 e. The van der Waals surface area contributed by atoms with E-state index in [1.54, 1.807) is 0 Å². The molecule has 2 heterocycles. The van der Waals surface area contributed by atoms with Gasteiger partial charge in [-0.25, -0.2) is 0 Å². The molecule has 0 aromatic carbocycles. The Kier molecular flexibility index (Phi) is 5.40. The molecule has 0 amide bonds. The molecule has 0 bridgehead atoms. The number of nitrogens with one attached hydrogen (secondary N) is 1. The lowest BCUT2D eigenvalue weighted by molar-refractivity contribution is -0.160. The largest absolute Gasteiger partial charge is 0.480 e. The van der Waals surface area contributed by atoms with Crippen LogP contribution < -0.4 is 5.32 Å². The highest BCUT2D eigenvalue weighted by Gasteiger charge is 2.54. The number of carbonyl (C=O) groups excluding carboxylic acids is 1. The van der Waals surface area contributed by atoms with Gasteiger partial charge in [0.15, 0.2) is 0 Å². The van der Waals surface area contributed by atoms with Crippen molar-refractivity contribution in [2.75, 3.05) is 0 Å². The monoisotopic (exact) mass is 353 g/mol. The minimum atomic E-state index is -1.09. The minimum absolute atomic E-state index is 0.204. The van der Waals surface area contributed by atoms with Gasteiger partial charge in [-0.3, -0.25) is 14.9 Å². The average molecular weight is 353 g/mol. The van der Waals surface area contributed by atoms with Gasteiger partial charge in [-0.15, -0.1) is 11.3 Å². The van der Waals surface area contributed by atoms with Crippen molar-refractivity contribution in [2.24, 2.45) is 11.8 Å². The lowest BCUT2D eigenvalue weighted by atomic mass is 9.84. The second-order valence-corrected chi connectivity index (χ2v) is 8.95. The number of thiophene rings is 1. The van der Waals surface area contributed by atoms with Crippen molar-refractivity contribution in [1.82, 2.24) is 5.32 Å². The average Bonchev–Trinajstić information content (AvgIpc) is 3.02. The van der Waals surface area contributed by atoms with Gasteiger partial charge in [0.1, 0.15) is 11.1 Å². The van der Waals surface area contributed by atoms with Gasteiger partial charge >= 0.3 is 11.9 Å². The van der Waals surface area contributed by atoms with Crippen LogP contribution in [0.15, 0.2) is 17.5 Å². The highest BCUT2D eigenvalue weighted by molar-refractivity contribution is 7.10. The van der Waals surface area contributed by atoms with Crippen LogP contribution in [0, 0.1) is 11.8 Å². The molecule has 1 saturated heterocycles. The van der Waals surface area contributed by atoms with E-state index in [2.05, 4.69) is 5.32 Å². The highest BCUT2D eigenvalue weighted by Crippen LogP contribution is 2.43. The molecule has 0 saturated carbocycles. The summed E-state index contributed by atoms with van der Waals surface area (Å²) in [6.07, 6.45) is 0.724. The summed E-state index contributed by atoms with van der Waals surface area (Å²) in [5, 5.41) is 15.1. The summed E-state index contributed by atoms with van der Waals surface area (Å²) in [6.45, 7) is 9.46. The predicted octanol–water partition coefficient (Wildman–Crippen LogP) is 3.61. The zero-order valence-electron chi connectivity index (χ0n) is 15.0. The molecule has 0 radical (unpaired) electrons. The molecule has 6 heteroatoms. The molecule has 1 aliphatic heterocycles. The van der Waals surface area contributed by atoms with E-state index < -0.39 is 23.0 Å². The number of rotatable bonds is 5. The van der Waals surface area contributed by atoms with Gasteiger partial charge < -0.3 is 9.84 Å². The maximum atomic E-state index is 12.7. The molecule has 24 heavy (non-hydrogen) atoms. The number of carbonyl (C=O) groups is 2. The zero-order chi connectivity index (χ0) is 18.1. The van der Waals surface area contributed by atoms with Gasteiger partial charge in [0.2, 0.25) is 0 Å². The Morgan fingerprint density at radius 2 is 2.12 bits per heavy atom. The molecule has 5 nitrogen and oxygen atoms in total. The third kappa shape index (κ3) is 4.16. The first-order valence-electron chi connectivity index (χ1n) is 8.31. The van der Waals surface area contributed by atoms with Gasteiger partial charge in [0.05, 0.1) is 12.0 Å². The van der Waals surface area contributed by atoms with Crippen molar-refractivity contribution >= 4 is 23.3 Å². The van der Waals surface area contributed by atoms with Crippen molar-refractivity contribution in [3.8, 4) is 0 Å². The number of aliphatic carboxylic acids is 1. The Hall–Kier alpha value is -1.40. The van der Waals surface area contributed by atoms with E-state index in [1.807, 2.05) is 52.1 Å². The summed E-state index contributed by atoms with van der Waals surface area (Å²) in [7, 11) is 0. The quantitative estimate of drug-likeness (QED) is 0.791. The summed E-state index contributed by atoms with van der Waals surface area (Å²) in [5.41, 5.74) is -1.69. The van der Waals surface area contributed by atoms with Gasteiger partial charge in [-0.05, 0) is 51.0 Å². The summed E-state index contributed by atoms with van der Waals surface area (Å²) in [5.74, 6) is -1.53. The van der Waals surface area contributed by atoms with Crippen LogP contribution in [0.25, 0.3) is 0 Å². The molecule has 2 N–H and O–H groups in total. The molecule has 3 atom stereocenters. The molecular weight excluding hydrogens is 326 g/mol. The van der Waals surface area contributed by atoms with Crippen LogP contribution in [0.5, 0.6) is 0 Å². The highest BCUT2D eigenvalue weighted by atomic mass is 32.1. The molecule has 1 fully saturated rings. The first-order valence-corrected chi connectivity index (χ1v) is 9.19. The third-order valence-corrected chi connectivity index (χ3v) is 5.08. The second kappa shape index (κ2) is 6.84. The fourth-order valence-electron chi connectivity index (χ4n) is 3.36. The van der Waals surface area contributed by atoms with E-state index in [0.717, 1.165) is 4.88 Å². The molecule has 2 rings (SSSR count). The standard InChI is InChI=1S/C18H27NO4S/c1-11(2)9-18(16(21)22)10-12(15(20)23-17(3,4)5)14(19-18)13-7-6-8-24-13/h6-8,11-12,14,19H,9-10H2,1-5H3,(H,21,22). The van der Waals surface area contributed by atoms with Crippen molar-refractivity contribution in [3.05, 3.63) is 22.4 Å². The molecule has 3 unspecified atom stereocenters. The summed E-state index contributed by atoms with van der Waals surface area (Å²) in [6, 6.07) is 3.53. The first-order chi connectivity index (χ1) is 11.0. The van der Waals surface area contributed by atoms with E-state index in [1.165, 1.54) is 11.3 Å². The topological polar surface area (TPSA) is 75.6 Å². The summed E-state index contributed by atoms with van der Waals surface area (Å²) in [4.78, 5) is 25.7. The molecule has 0 aliphatic carbocycles. The second-order valence-electron chi connectivity index (χ2n) is 7.97. The smallest absolute Gasteiger partial charge is 0.323 e. The van der Waals surface area contributed by atoms with Crippen LogP contribution in [0.3, 0.4) is 0 Å². The SMILES string of the molecule is CC(C)CC1(C(=O)O)CC(C(=O)OC(C)(C)C)C(c2cccs2)N1. The van der Waals surface area contributed by atoms with Crippen LogP contribution in [0.1, 0.15) is 58.4 Å². The maximum absolute atomic E-state index is 12.7. The Morgan fingerprint density at radius 1 is 1.46 bits per heavy atom. The lowest BCUT2D eigenvalue weighted by Gasteiger charge is -2.27. The molecule has 1 aromatic rings. The van der Waals surface area contributed by atoms with Gasteiger partial charge in [0.25, 0.3) is 0 Å². The molecule has 0 spiro atoms. The Balaban J connectivity index is 2.35. The number of ether oxygens (including phenoxy) is 1. The lowest BCUT2D eigenvalue weighted by Crippen LogP contribution is -2.49. The van der Waals surface area contributed by atoms with E-state index in [9.17, 15) is 14.7 Å². The van der Waals surface area contributed by atoms with Crippen molar-refractivity contribution in [3.63, 3.8) is 0 Å². The van der Waals surface area contributed by atoms with Gasteiger partial charge in [-0.2, -0.15) is 0 Å².